The third-order valence-electron chi connectivity index (χ3n) is 11.4. The fourth-order valence-corrected chi connectivity index (χ4v) is 9.97. The molecule has 0 unspecified atom stereocenters. The van der Waals surface area contributed by atoms with Gasteiger partial charge in [0.05, 0.1) is 5.69 Å². The molecule has 8 aromatic carbocycles. The van der Waals surface area contributed by atoms with E-state index >= 15 is 0 Å². The van der Waals surface area contributed by atoms with Crippen molar-refractivity contribution in [2.75, 3.05) is 9.80 Å². The lowest BCUT2D eigenvalue weighted by Gasteiger charge is -2.31. The number of hydrogen-bond donors (Lipinski definition) is 0. The van der Waals surface area contributed by atoms with Gasteiger partial charge >= 0.3 is 0 Å². The van der Waals surface area contributed by atoms with Gasteiger partial charge in [0, 0.05) is 70.2 Å². The van der Waals surface area contributed by atoms with E-state index in [0.717, 1.165) is 90.9 Å². The summed E-state index contributed by atoms with van der Waals surface area (Å²) in [5.41, 5.74) is 10.1. The fourth-order valence-electron chi connectivity index (χ4n) is 8.78. The Morgan fingerprint density at radius 3 is 1.72 bits per heavy atom. The van der Waals surface area contributed by atoms with Gasteiger partial charge < -0.3 is 18.6 Å². The molecule has 270 valence electrons. The molecule has 3 heterocycles. The summed E-state index contributed by atoms with van der Waals surface area (Å²) in [5, 5.41) is 9.39. The Labute approximate surface area is 332 Å². The Kier molecular flexibility index (Phi) is 7.19. The quantitative estimate of drug-likeness (QED) is 0.169. The maximum Gasteiger partial charge on any atom is 0.135 e. The summed E-state index contributed by atoms with van der Waals surface area (Å²) in [6, 6.07) is 58.8. The van der Waals surface area contributed by atoms with Crippen LogP contribution in [0.4, 0.5) is 28.4 Å². The van der Waals surface area contributed by atoms with E-state index in [2.05, 4.69) is 168 Å². The number of allylic oxidation sites excluding steroid dienone is 3. The highest BCUT2D eigenvalue weighted by Gasteiger charge is 2.25. The van der Waals surface area contributed by atoms with Gasteiger partial charge in [0.25, 0.3) is 0 Å². The zero-order valence-electron chi connectivity index (χ0n) is 30.9. The molecule has 1 aliphatic carbocycles. The minimum atomic E-state index is 0.878. The number of para-hydroxylation sites is 3. The van der Waals surface area contributed by atoms with E-state index in [1.807, 2.05) is 35.6 Å². The second-order valence-corrected chi connectivity index (χ2v) is 15.9. The van der Waals surface area contributed by atoms with Gasteiger partial charge in [0.15, 0.2) is 0 Å². The lowest BCUT2D eigenvalue weighted by atomic mass is 10.0. The van der Waals surface area contributed by atoms with Crippen LogP contribution in [0, 0.1) is 0 Å². The molecule has 0 amide bonds. The standard InChI is InChI=1S/C52H34N2O2S/c1-3-15-35(16-4-1)53(37-23-25-48-42(29-37)40-19-9-11-21-46(40)55-48)39-31-45(52-44-27-33-13-7-8-14-34(33)28-50(44)57-51(52)32-39)54(36-17-5-2-6-18-36)38-24-26-49-43(30-38)41-20-10-12-22-47(41)56-49/h2-3,5-32H,1,4H2. The molecule has 0 N–H and O–H groups in total. The first-order chi connectivity index (χ1) is 28.2. The molecule has 0 radical (unpaired) electrons. The first-order valence-electron chi connectivity index (χ1n) is 19.5. The average molecular weight is 751 g/mol. The van der Waals surface area contributed by atoms with Crippen LogP contribution >= 0.6 is 11.3 Å². The number of rotatable bonds is 6. The summed E-state index contributed by atoms with van der Waals surface area (Å²) in [6.07, 6.45) is 8.95. The van der Waals surface area contributed by atoms with Gasteiger partial charge in [-0.25, -0.2) is 0 Å². The molecule has 0 atom stereocenters. The largest absolute Gasteiger partial charge is 0.456 e. The Morgan fingerprint density at radius 1 is 0.421 bits per heavy atom. The summed E-state index contributed by atoms with van der Waals surface area (Å²) in [7, 11) is 0. The van der Waals surface area contributed by atoms with Crippen LogP contribution in [0.3, 0.4) is 0 Å². The summed E-state index contributed by atoms with van der Waals surface area (Å²) < 4.78 is 15.1. The Balaban J connectivity index is 1.17. The zero-order valence-corrected chi connectivity index (χ0v) is 31.7. The number of anilines is 5. The SMILES string of the molecule is C1=CC(N(c2cc(N(c3ccccc3)c3ccc4oc5ccccc5c4c3)c3c(c2)sc2cc4ccccc4cc23)c2ccc3oc4ccccc4c3c2)=CCC1. The number of thiophene rings is 1. The molecular weight excluding hydrogens is 717 g/mol. The van der Waals surface area contributed by atoms with Gasteiger partial charge in [-0.3, -0.25) is 0 Å². The molecule has 11 aromatic rings. The molecule has 0 aliphatic heterocycles. The van der Waals surface area contributed by atoms with E-state index in [9.17, 15) is 0 Å². The van der Waals surface area contributed by atoms with Gasteiger partial charge in [-0.15, -0.1) is 11.3 Å². The van der Waals surface area contributed by atoms with E-state index in [4.69, 9.17) is 8.83 Å². The third kappa shape index (κ3) is 5.20. The highest BCUT2D eigenvalue weighted by atomic mass is 32.1. The highest BCUT2D eigenvalue weighted by molar-refractivity contribution is 7.26. The van der Waals surface area contributed by atoms with Crippen LogP contribution in [0.1, 0.15) is 12.8 Å². The van der Waals surface area contributed by atoms with Gasteiger partial charge in [-0.05, 0) is 115 Å². The van der Waals surface area contributed by atoms with Gasteiger partial charge in [-0.2, -0.15) is 0 Å². The number of fused-ring (bicyclic) bond motifs is 10. The maximum atomic E-state index is 6.33. The molecule has 12 rings (SSSR count). The van der Waals surface area contributed by atoms with Gasteiger partial charge in [0.1, 0.15) is 22.3 Å². The monoisotopic (exact) mass is 750 g/mol. The Hall–Kier alpha value is -7.08. The van der Waals surface area contributed by atoms with Crippen LogP contribution in [0.15, 0.2) is 197 Å². The number of benzene rings is 8. The van der Waals surface area contributed by atoms with Crippen LogP contribution in [0.5, 0.6) is 0 Å². The maximum absolute atomic E-state index is 6.33. The molecule has 0 saturated carbocycles. The van der Waals surface area contributed by atoms with Crippen molar-refractivity contribution < 1.29 is 8.83 Å². The number of hydrogen-bond acceptors (Lipinski definition) is 5. The first-order valence-corrected chi connectivity index (χ1v) is 20.3. The van der Waals surface area contributed by atoms with Crippen LogP contribution < -0.4 is 9.80 Å². The minimum Gasteiger partial charge on any atom is -0.456 e. The predicted molar refractivity (Wildman–Crippen MR) is 241 cm³/mol. The van der Waals surface area contributed by atoms with E-state index in [1.54, 1.807) is 0 Å². The second-order valence-electron chi connectivity index (χ2n) is 14.8. The van der Waals surface area contributed by atoms with Crippen molar-refractivity contribution >= 4 is 115 Å². The summed E-state index contributed by atoms with van der Waals surface area (Å²) >= 11 is 1.86. The predicted octanol–water partition coefficient (Wildman–Crippen LogP) is 15.8. The molecule has 0 saturated heterocycles. The second kappa shape index (κ2) is 12.7. The smallest absolute Gasteiger partial charge is 0.135 e. The fraction of sp³-hybridized carbons (Fsp3) is 0.0385. The summed E-state index contributed by atoms with van der Waals surface area (Å²) in [4.78, 5) is 4.86. The van der Waals surface area contributed by atoms with Crippen LogP contribution in [0.2, 0.25) is 0 Å². The van der Waals surface area contributed by atoms with Crippen LogP contribution in [-0.2, 0) is 0 Å². The van der Waals surface area contributed by atoms with Crippen LogP contribution in [0.25, 0.3) is 74.8 Å². The van der Waals surface area contributed by atoms with E-state index in [1.165, 1.54) is 30.9 Å². The lowest BCUT2D eigenvalue weighted by molar-refractivity contribution is 0.668. The normalized spacial score (nSPS) is 13.2. The van der Waals surface area contributed by atoms with E-state index in [-0.39, 0.29) is 0 Å². The van der Waals surface area contributed by atoms with Crippen molar-refractivity contribution in [2.24, 2.45) is 0 Å². The molecule has 0 spiro atoms. The Morgan fingerprint density at radius 2 is 1.04 bits per heavy atom. The molecule has 5 heteroatoms. The van der Waals surface area contributed by atoms with E-state index in [0.29, 0.717) is 0 Å². The lowest BCUT2D eigenvalue weighted by Crippen LogP contribution is -2.17. The topological polar surface area (TPSA) is 32.8 Å². The van der Waals surface area contributed by atoms with Crippen molar-refractivity contribution in [2.45, 2.75) is 12.8 Å². The average Bonchev–Trinajstić information content (AvgIpc) is 3.94. The molecular formula is C52H34N2O2S. The molecule has 1 aliphatic rings. The Bertz CT molecular complexity index is 3440. The molecule has 3 aromatic heterocycles. The van der Waals surface area contributed by atoms with Gasteiger partial charge in [0.2, 0.25) is 0 Å². The molecule has 0 bridgehead atoms. The molecule has 57 heavy (non-hydrogen) atoms. The molecule has 0 fully saturated rings. The number of nitrogens with zero attached hydrogens (tertiary/aromatic N) is 2. The third-order valence-corrected chi connectivity index (χ3v) is 12.5. The highest BCUT2D eigenvalue weighted by Crippen LogP contribution is 2.50. The van der Waals surface area contributed by atoms with Crippen molar-refractivity contribution in [3.63, 3.8) is 0 Å². The zero-order chi connectivity index (χ0) is 37.5. The van der Waals surface area contributed by atoms with Crippen molar-refractivity contribution in [1.82, 2.24) is 0 Å². The minimum absolute atomic E-state index is 0.878. The number of furan rings is 2. The van der Waals surface area contributed by atoms with Crippen LogP contribution in [-0.4, -0.2) is 0 Å². The van der Waals surface area contributed by atoms with Crippen molar-refractivity contribution in [3.05, 3.63) is 188 Å². The summed E-state index contributed by atoms with van der Waals surface area (Å²) in [6.45, 7) is 0. The summed E-state index contributed by atoms with van der Waals surface area (Å²) in [5.74, 6) is 0. The van der Waals surface area contributed by atoms with E-state index < -0.39 is 0 Å². The van der Waals surface area contributed by atoms with Crippen molar-refractivity contribution in [3.8, 4) is 0 Å². The molecule has 4 nitrogen and oxygen atoms in total. The van der Waals surface area contributed by atoms with Gasteiger partial charge in [-0.1, -0.05) is 91.0 Å². The van der Waals surface area contributed by atoms with Crippen molar-refractivity contribution in [1.29, 1.82) is 0 Å². The first kappa shape index (κ1) is 32.2.